The highest BCUT2D eigenvalue weighted by Gasteiger charge is 2.10. The number of hydrogen-bond donors (Lipinski definition) is 3. The number of hydrogen-bond acceptors (Lipinski definition) is 3. The quantitative estimate of drug-likeness (QED) is 0.598. The Kier molecular flexibility index (Phi) is 6.24. The van der Waals surface area contributed by atoms with E-state index in [4.69, 9.17) is 0 Å². The number of carbonyl (C=O) groups excluding carboxylic acids is 3. The van der Waals surface area contributed by atoms with Crippen LogP contribution in [-0.2, 0) is 9.59 Å². The summed E-state index contributed by atoms with van der Waals surface area (Å²) < 4.78 is 0. The molecule has 3 aromatic carbocycles. The molecule has 3 aromatic rings. The predicted octanol–water partition coefficient (Wildman–Crippen LogP) is 3.87. The highest BCUT2D eigenvalue weighted by atomic mass is 16.2. The van der Waals surface area contributed by atoms with Crippen LogP contribution in [0.4, 0.5) is 11.4 Å². The molecule has 0 aliphatic heterocycles. The van der Waals surface area contributed by atoms with Gasteiger partial charge in [-0.25, -0.2) is 0 Å². The Hall–Kier alpha value is -3.67. The molecule has 148 valence electrons. The molecule has 0 fully saturated rings. The first-order valence-electron chi connectivity index (χ1n) is 9.38. The molecular weight excluding hydrogens is 366 g/mol. The molecule has 0 aliphatic carbocycles. The van der Waals surface area contributed by atoms with Crippen molar-refractivity contribution < 1.29 is 14.4 Å². The van der Waals surface area contributed by atoms with E-state index in [2.05, 4.69) is 16.0 Å². The van der Waals surface area contributed by atoms with E-state index in [-0.39, 0.29) is 30.7 Å². The molecule has 3 rings (SSSR count). The largest absolute Gasteiger partial charge is 0.352 e. The van der Waals surface area contributed by atoms with Gasteiger partial charge < -0.3 is 16.0 Å². The molecule has 29 heavy (non-hydrogen) atoms. The third-order valence-corrected chi connectivity index (χ3v) is 4.57. The molecule has 0 saturated heterocycles. The first kappa shape index (κ1) is 20.1. The number of carbonyl (C=O) groups is 3. The van der Waals surface area contributed by atoms with E-state index in [9.17, 15) is 14.4 Å². The van der Waals surface area contributed by atoms with Gasteiger partial charge in [0, 0.05) is 36.8 Å². The number of rotatable bonds is 6. The van der Waals surface area contributed by atoms with Crippen LogP contribution in [0.1, 0.15) is 29.3 Å². The fourth-order valence-corrected chi connectivity index (χ4v) is 3.03. The first-order valence-corrected chi connectivity index (χ1v) is 9.38. The second kappa shape index (κ2) is 9.01. The van der Waals surface area contributed by atoms with Crippen molar-refractivity contribution >= 4 is 39.9 Å². The van der Waals surface area contributed by atoms with Crippen molar-refractivity contribution in [2.24, 2.45) is 0 Å². The first-order chi connectivity index (χ1) is 13.9. The molecular formula is C23H23N3O3. The second-order valence-corrected chi connectivity index (χ2v) is 6.78. The number of anilines is 2. The van der Waals surface area contributed by atoms with Gasteiger partial charge in [0.25, 0.3) is 5.91 Å². The van der Waals surface area contributed by atoms with Gasteiger partial charge in [-0.1, -0.05) is 36.4 Å². The lowest BCUT2D eigenvalue weighted by Gasteiger charge is -2.13. The van der Waals surface area contributed by atoms with Gasteiger partial charge >= 0.3 is 0 Å². The van der Waals surface area contributed by atoms with Crippen LogP contribution in [0, 0.1) is 6.92 Å². The monoisotopic (exact) mass is 389 g/mol. The highest BCUT2D eigenvalue weighted by molar-refractivity contribution is 5.99. The Morgan fingerprint density at radius 3 is 2.24 bits per heavy atom. The van der Waals surface area contributed by atoms with E-state index < -0.39 is 0 Å². The summed E-state index contributed by atoms with van der Waals surface area (Å²) in [6, 6.07) is 18.6. The van der Waals surface area contributed by atoms with Crippen molar-refractivity contribution in [3.63, 3.8) is 0 Å². The Bertz CT molecular complexity index is 1080. The fourth-order valence-electron chi connectivity index (χ4n) is 3.03. The topological polar surface area (TPSA) is 87.3 Å². The Labute approximate surface area is 169 Å². The minimum absolute atomic E-state index is 0.142. The van der Waals surface area contributed by atoms with Gasteiger partial charge in [0.15, 0.2) is 0 Å². The van der Waals surface area contributed by atoms with Gasteiger partial charge in [0.1, 0.15) is 0 Å². The van der Waals surface area contributed by atoms with Crippen LogP contribution in [0.15, 0.2) is 60.7 Å². The van der Waals surface area contributed by atoms with E-state index >= 15 is 0 Å². The summed E-state index contributed by atoms with van der Waals surface area (Å²) in [4.78, 5) is 35.8. The maximum Gasteiger partial charge on any atom is 0.251 e. The smallest absolute Gasteiger partial charge is 0.251 e. The van der Waals surface area contributed by atoms with Gasteiger partial charge in [-0.3, -0.25) is 14.4 Å². The fraction of sp³-hybridized carbons (Fsp3) is 0.174. The van der Waals surface area contributed by atoms with Gasteiger partial charge in [0.2, 0.25) is 11.8 Å². The van der Waals surface area contributed by atoms with Crippen molar-refractivity contribution in [1.82, 2.24) is 5.32 Å². The van der Waals surface area contributed by atoms with Gasteiger partial charge in [0.05, 0.1) is 0 Å². The molecule has 6 nitrogen and oxygen atoms in total. The lowest BCUT2D eigenvalue weighted by molar-refractivity contribution is -0.116. The van der Waals surface area contributed by atoms with Crippen LogP contribution in [0.25, 0.3) is 10.8 Å². The SMILES string of the molecule is CC(=O)Nc1cccc(NC(=O)CCNC(=O)c2ccc3ccccc3c2)c1C. The zero-order valence-corrected chi connectivity index (χ0v) is 16.4. The average molecular weight is 389 g/mol. The molecule has 0 radical (unpaired) electrons. The Morgan fingerprint density at radius 2 is 1.52 bits per heavy atom. The van der Waals surface area contributed by atoms with Gasteiger partial charge in [-0.15, -0.1) is 0 Å². The van der Waals surface area contributed by atoms with Crippen molar-refractivity contribution in [3.05, 3.63) is 71.8 Å². The minimum atomic E-state index is -0.216. The number of amides is 3. The third-order valence-electron chi connectivity index (χ3n) is 4.57. The van der Waals surface area contributed by atoms with Crippen LogP contribution in [0.5, 0.6) is 0 Å². The van der Waals surface area contributed by atoms with Crippen molar-refractivity contribution in [3.8, 4) is 0 Å². The minimum Gasteiger partial charge on any atom is -0.352 e. The molecule has 0 spiro atoms. The summed E-state index contributed by atoms with van der Waals surface area (Å²) in [5, 5.41) is 10.4. The standard InChI is InChI=1S/C23H23N3O3/c1-15-20(25-16(2)27)8-5-9-21(15)26-22(28)12-13-24-23(29)19-11-10-17-6-3-4-7-18(17)14-19/h3-11,14H,12-13H2,1-2H3,(H,24,29)(H,25,27)(H,26,28). The summed E-state index contributed by atoms with van der Waals surface area (Å²) in [6.45, 7) is 3.48. The predicted molar refractivity (Wildman–Crippen MR) is 115 cm³/mol. The lowest BCUT2D eigenvalue weighted by atomic mass is 10.1. The normalized spacial score (nSPS) is 10.4. The summed E-state index contributed by atoms with van der Waals surface area (Å²) >= 11 is 0. The summed E-state index contributed by atoms with van der Waals surface area (Å²) in [6.07, 6.45) is 0.142. The van der Waals surface area contributed by atoms with E-state index in [1.165, 1.54) is 6.92 Å². The molecule has 0 heterocycles. The van der Waals surface area contributed by atoms with Crippen LogP contribution >= 0.6 is 0 Å². The van der Waals surface area contributed by atoms with E-state index in [1.807, 2.05) is 43.3 Å². The maximum absolute atomic E-state index is 12.3. The van der Waals surface area contributed by atoms with E-state index in [0.29, 0.717) is 16.9 Å². The molecule has 0 aromatic heterocycles. The van der Waals surface area contributed by atoms with Crippen LogP contribution in [0.3, 0.4) is 0 Å². The van der Waals surface area contributed by atoms with E-state index in [0.717, 1.165) is 16.3 Å². The van der Waals surface area contributed by atoms with Crippen LogP contribution < -0.4 is 16.0 Å². The number of nitrogens with one attached hydrogen (secondary N) is 3. The lowest BCUT2D eigenvalue weighted by Crippen LogP contribution is -2.27. The average Bonchev–Trinajstić information content (AvgIpc) is 2.70. The van der Waals surface area contributed by atoms with Gasteiger partial charge in [-0.05, 0) is 47.5 Å². The summed E-state index contributed by atoms with van der Waals surface area (Å²) in [5.74, 6) is -0.604. The molecule has 3 amide bonds. The van der Waals surface area contributed by atoms with Crippen molar-refractivity contribution in [2.45, 2.75) is 20.3 Å². The Balaban J connectivity index is 1.54. The summed E-state index contributed by atoms with van der Waals surface area (Å²) in [5.41, 5.74) is 2.61. The molecule has 0 unspecified atom stereocenters. The number of benzene rings is 3. The van der Waals surface area contributed by atoms with Gasteiger partial charge in [-0.2, -0.15) is 0 Å². The highest BCUT2D eigenvalue weighted by Crippen LogP contribution is 2.23. The third kappa shape index (κ3) is 5.19. The Morgan fingerprint density at radius 1 is 0.828 bits per heavy atom. The molecule has 0 bridgehead atoms. The molecule has 6 heteroatoms. The van der Waals surface area contributed by atoms with Crippen LogP contribution in [-0.4, -0.2) is 24.3 Å². The molecule has 0 atom stereocenters. The molecule has 0 aliphatic rings. The zero-order chi connectivity index (χ0) is 20.8. The zero-order valence-electron chi connectivity index (χ0n) is 16.4. The van der Waals surface area contributed by atoms with Crippen molar-refractivity contribution in [1.29, 1.82) is 0 Å². The molecule has 3 N–H and O–H groups in total. The van der Waals surface area contributed by atoms with Crippen molar-refractivity contribution in [2.75, 3.05) is 17.2 Å². The number of fused-ring (bicyclic) bond motifs is 1. The van der Waals surface area contributed by atoms with E-state index in [1.54, 1.807) is 24.3 Å². The maximum atomic E-state index is 12.3. The molecule has 0 saturated carbocycles. The second-order valence-electron chi connectivity index (χ2n) is 6.78. The van der Waals surface area contributed by atoms with Crippen LogP contribution in [0.2, 0.25) is 0 Å². The summed E-state index contributed by atoms with van der Waals surface area (Å²) in [7, 11) is 0.